The average molecular weight is 266 g/mol. The molecule has 0 bridgehead atoms. The van der Waals surface area contributed by atoms with Crippen LogP contribution in [0.3, 0.4) is 0 Å². The van der Waals surface area contributed by atoms with Crippen molar-refractivity contribution >= 4 is 5.82 Å². The standard InChI is InChI=1S/C14H26N4O/c1-5-18(10-12-7-6-8-19-12)14-13(9-15-3)11(2)16-17(14)4/h12,15H,5-10H2,1-4H3. The molecule has 0 aliphatic carbocycles. The highest BCUT2D eigenvalue weighted by Crippen LogP contribution is 2.25. The number of aromatic nitrogens is 2. The molecule has 2 heterocycles. The zero-order valence-corrected chi connectivity index (χ0v) is 12.6. The lowest BCUT2D eigenvalue weighted by molar-refractivity contribution is 0.115. The Morgan fingerprint density at radius 1 is 1.53 bits per heavy atom. The number of hydrogen-bond donors (Lipinski definition) is 1. The van der Waals surface area contributed by atoms with Crippen molar-refractivity contribution in [2.75, 3.05) is 31.6 Å². The molecule has 1 aromatic rings. The monoisotopic (exact) mass is 266 g/mol. The van der Waals surface area contributed by atoms with Crippen LogP contribution in [0, 0.1) is 6.92 Å². The van der Waals surface area contributed by atoms with Crippen molar-refractivity contribution < 1.29 is 4.74 Å². The summed E-state index contributed by atoms with van der Waals surface area (Å²) in [5, 5.41) is 7.81. The Labute approximate surface area is 115 Å². The van der Waals surface area contributed by atoms with Crippen molar-refractivity contribution in [1.82, 2.24) is 15.1 Å². The van der Waals surface area contributed by atoms with Crippen LogP contribution in [0.25, 0.3) is 0 Å². The van der Waals surface area contributed by atoms with E-state index >= 15 is 0 Å². The van der Waals surface area contributed by atoms with Gasteiger partial charge in [0.1, 0.15) is 5.82 Å². The number of anilines is 1. The molecule has 2 rings (SSSR count). The van der Waals surface area contributed by atoms with Gasteiger partial charge in [0, 0.05) is 38.9 Å². The number of hydrogen-bond acceptors (Lipinski definition) is 4. The maximum Gasteiger partial charge on any atom is 0.131 e. The van der Waals surface area contributed by atoms with Crippen LogP contribution in [0.5, 0.6) is 0 Å². The molecule has 0 saturated carbocycles. The van der Waals surface area contributed by atoms with Crippen LogP contribution >= 0.6 is 0 Å². The van der Waals surface area contributed by atoms with Crippen LogP contribution in [0.2, 0.25) is 0 Å². The van der Waals surface area contributed by atoms with Gasteiger partial charge in [0.25, 0.3) is 0 Å². The van der Waals surface area contributed by atoms with Crippen LogP contribution in [-0.2, 0) is 18.3 Å². The zero-order valence-electron chi connectivity index (χ0n) is 12.6. The molecule has 1 N–H and O–H groups in total. The van der Waals surface area contributed by atoms with E-state index in [0.717, 1.165) is 31.9 Å². The minimum Gasteiger partial charge on any atom is -0.376 e. The number of rotatable bonds is 6. The molecule has 0 spiro atoms. The largest absolute Gasteiger partial charge is 0.376 e. The molecule has 108 valence electrons. The Balaban J connectivity index is 2.20. The van der Waals surface area contributed by atoms with E-state index in [-0.39, 0.29) is 0 Å². The highest BCUT2D eigenvalue weighted by Gasteiger charge is 2.23. The first-order valence-corrected chi connectivity index (χ1v) is 7.21. The third kappa shape index (κ3) is 3.09. The first kappa shape index (κ1) is 14.3. The van der Waals surface area contributed by atoms with E-state index in [1.54, 1.807) is 0 Å². The number of ether oxygens (including phenoxy) is 1. The van der Waals surface area contributed by atoms with Crippen molar-refractivity contribution in [1.29, 1.82) is 0 Å². The van der Waals surface area contributed by atoms with Gasteiger partial charge < -0.3 is 15.0 Å². The van der Waals surface area contributed by atoms with Crippen molar-refractivity contribution in [3.05, 3.63) is 11.3 Å². The van der Waals surface area contributed by atoms with Crippen LogP contribution in [0.15, 0.2) is 0 Å². The second-order valence-electron chi connectivity index (χ2n) is 5.22. The van der Waals surface area contributed by atoms with Crippen molar-refractivity contribution in [3.63, 3.8) is 0 Å². The molecule has 1 aliphatic heterocycles. The van der Waals surface area contributed by atoms with Crippen molar-refractivity contribution in [3.8, 4) is 0 Å². The lowest BCUT2D eigenvalue weighted by Crippen LogP contribution is -2.34. The third-order valence-electron chi connectivity index (χ3n) is 3.80. The van der Waals surface area contributed by atoms with E-state index in [0.29, 0.717) is 6.10 Å². The summed E-state index contributed by atoms with van der Waals surface area (Å²) in [7, 11) is 4.01. The molecular formula is C14H26N4O. The lowest BCUT2D eigenvalue weighted by atomic mass is 10.2. The first-order valence-electron chi connectivity index (χ1n) is 7.21. The van der Waals surface area contributed by atoms with Gasteiger partial charge in [0.15, 0.2) is 0 Å². The van der Waals surface area contributed by atoms with Gasteiger partial charge in [-0.3, -0.25) is 4.68 Å². The summed E-state index contributed by atoms with van der Waals surface area (Å²) in [6, 6.07) is 0. The van der Waals surface area contributed by atoms with Crippen LogP contribution in [-0.4, -0.2) is 42.6 Å². The smallest absolute Gasteiger partial charge is 0.131 e. The lowest BCUT2D eigenvalue weighted by Gasteiger charge is -2.27. The second-order valence-corrected chi connectivity index (χ2v) is 5.22. The van der Waals surface area contributed by atoms with Crippen LogP contribution in [0.4, 0.5) is 5.82 Å². The van der Waals surface area contributed by atoms with Gasteiger partial charge >= 0.3 is 0 Å². The molecule has 0 radical (unpaired) electrons. The van der Waals surface area contributed by atoms with Crippen LogP contribution < -0.4 is 10.2 Å². The Bertz CT molecular complexity index is 410. The fourth-order valence-corrected chi connectivity index (χ4v) is 2.87. The van der Waals surface area contributed by atoms with E-state index in [9.17, 15) is 0 Å². The summed E-state index contributed by atoms with van der Waals surface area (Å²) < 4.78 is 7.77. The Morgan fingerprint density at radius 3 is 2.89 bits per heavy atom. The predicted octanol–water partition coefficient (Wildman–Crippen LogP) is 1.45. The number of aryl methyl sites for hydroxylation is 2. The predicted molar refractivity (Wildman–Crippen MR) is 77.6 cm³/mol. The summed E-state index contributed by atoms with van der Waals surface area (Å²) in [5.41, 5.74) is 2.41. The minimum absolute atomic E-state index is 0.373. The molecular weight excluding hydrogens is 240 g/mol. The van der Waals surface area contributed by atoms with Gasteiger partial charge in [-0.05, 0) is 33.7 Å². The molecule has 1 aliphatic rings. The van der Waals surface area contributed by atoms with Crippen molar-refractivity contribution in [2.45, 2.75) is 39.3 Å². The SMILES string of the molecule is CCN(CC1CCCO1)c1c(CNC)c(C)nn1C. The van der Waals surface area contributed by atoms with Gasteiger partial charge in [-0.1, -0.05) is 0 Å². The van der Waals surface area contributed by atoms with Gasteiger partial charge in [-0.25, -0.2) is 0 Å². The number of likely N-dealkylation sites (N-methyl/N-ethyl adjacent to an activating group) is 1. The number of nitrogens with one attached hydrogen (secondary N) is 1. The molecule has 1 unspecified atom stereocenters. The topological polar surface area (TPSA) is 42.3 Å². The van der Waals surface area contributed by atoms with Crippen LogP contribution in [0.1, 0.15) is 31.0 Å². The van der Waals surface area contributed by atoms with E-state index in [2.05, 4.69) is 29.2 Å². The second kappa shape index (κ2) is 6.39. The Morgan fingerprint density at radius 2 is 2.32 bits per heavy atom. The molecule has 1 fully saturated rings. The highest BCUT2D eigenvalue weighted by atomic mass is 16.5. The minimum atomic E-state index is 0.373. The van der Waals surface area contributed by atoms with E-state index in [4.69, 9.17) is 4.74 Å². The first-order chi connectivity index (χ1) is 9.17. The fraction of sp³-hybridized carbons (Fsp3) is 0.786. The van der Waals surface area contributed by atoms with Gasteiger partial charge in [-0.15, -0.1) is 0 Å². The summed E-state index contributed by atoms with van der Waals surface area (Å²) >= 11 is 0. The summed E-state index contributed by atoms with van der Waals surface area (Å²) in [4.78, 5) is 2.39. The quantitative estimate of drug-likeness (QED) is 0.846. The van der Waals surface area contributed by atoms with Gasteiger partial charge in [-0.2, -0.15) is 5.10 Å². The molecule has 5 heteroatoms. The average Bonchev–Trinajstić information content (AvgIpc) is 2.97. The van der Waals surface area contributed by atoms with E-state index < -0.39 is 0 Å². The van der Waals surface area contributed by atoms with Gasteiger partial charge in [0.2, 0.25) is 0 Å². The Kier molecular flexibility index (Phi) is 4.82. The maximum absolute atomic E-state index is 5.77. The van der Waals surface area contributed by atoms with Crippen molar-refractivity contribution in [2.24, 2.45) is 7.05 Å². The molecule has 19 heavy (non-hydrogen) atoms. The molecule has 0 amide bonds. The van der Waals surface area contributed by atoms with Gasteiger partial charge in [0.05, 0.1) is 11.8 Å². The fourth-order valence-electron chi connectivity index (χ4n) is 2.87. The third-order valence-corrected chi connectivity index (χ3v) is 3.80. The summed E-state index contributed by atoms with van der Waals surface area (Å²) in [6.45, 7) is 7.99. The van der Waals surface area contributed by atoms with E-state index in [1.807, 2.05) is 18.8 Å². The Hall–Kier alpha value is -1.07. The zero-order chi connectivity index (χ0) is 13.8. The molecule has 5 nitrogen and oxygen atoms in total. The summed E-state index contributed by atoms with van der Waals surface area (Å²) in [5.74, 6) is 1.23. The molecule has 1 saturated heterocycles. The highest BCUT2D eigenvalue weighted by molar-refractivity contribution is 5.50. The maximum atomic E-state index is 5.77. The van der Waals surface area contributed by atoms with E-state index in [1.165, 1.54) is 24.2 Å². The molecule has 0 aromatic carbocycles. The summed E-state index contributed by atoms with van der Waals surface area (Å²) in [6.07, 6.45) is 2.74. The molecule has 1 atom stereocenters. The molecule has 1 aromatic heterocycles. The normalized spacial score (nSPS) is 19.1. The number of nitrogens with zero attached hydrogens (tertiary/aromatic N) is 3.